The lowest BCUT2D eigenvalue weighted by molar-refractivity contribution is -0.132. The number of ether oxygens (including phenoxy) is 1. The van der Waals surface area contributed by atoms with Gasteiger partial charge in [0.05, 0.1) is 17.5 Å². The third-order valence-corrected chi connectivity index (χ3v) is 7.95. The number of hydrogen-bond acceptors (Lipinski definition) is 4. The maximum absolute atomic E-state index is 13.2. The number of carbonyl (C=O) groups is 1. The van der Waals surface area contributed by atoms with E-state index >= 15 is 0 Å². The van der Waals surface area contributed by atoms with Crippen LogP contribution in [-0.2, 0) is 14.8 Å². The molecule has 0 unspecified atom stereocenters. The Bertz CT molecular complexity index is 1080. The molecule has 1 atom stereocenters. The Morgan fingerprint density at radius 3 is 2.39 bits per heavy atom. The standard InChI is InChI=1S/C25H33FN2O4S/c1-5-32-23-11-10-22(16-17(23)2)33(30,31)28-21-12-14-25(4,15-13-21)24(29)27-18(3)19-6-8-20(26)9-7-19/h6-11,16,18,21,28H,5,12-15H2,1-4H3,(H,27,29)/t18-,21?,25?/m1/s1. The van der Waals surface area contributed by atoms with Crippen LogP contribution in [0.25, 0.3) is 0 Å². The van der Waals surface area contributed by atoms with Crippen molar-refractivity contribution in [3.63, 3.8) is 0 Å². The van der Waals surface area contributed by atoms with E-state index in [-0.39, 0.29) is 28.7 Å². The summed E-state index contributed by atoms with van der Waals surface area (Å²) in [7, 11) is -3.67. The summed E-state index contributed by atoms with van der Waals surface area (Å²) in [5.74, 6) is 0.291. The Morgan fingerprint density at radius 2 is 1.82 bits per heavy atom. The molecule has 1 saturated carbocycles. The zero-order valence-corrected chi connectivity index (χ0v) is 20.5. The molecule has 33 heavy (non-hydrogen) atoms. The molecule has 0 bridgehead atoms. The summed E-state index contributed by atoms with van der Waals surface area (Å²) in [5, 5.41) is 3.02. The van der Waals surface area contributed by atoms with Crippen molar-refractivity contribution in [3.8, 4) is 5.75 Å². The van der Waals surface area contributed by atoms with E-state index in [0.717, 1.165) is 11.1 Å². The van der Waals surface area contributed by atoms with Crippen molar-refractivity contribution >= 4 is 15.9 Å². The Balaban J connectivity index is 1.58. The maximum atomic E-state index is 13.2. The molecule has 3 rings (SSSR count). The van der Waals surface area contributed by atoms with Crippen molar-refractivity contribution in [2.24, 2.45) is 5.41 Å². The molecule has 180 valence electrons. The quantitative estimate of drug-likeness (QED) is 0.581. The molecule has 1 fully saturated rings. The molecule has 0 aliphatic heterocycles. The number of hydrogen-bond donors (Lipinski definition) is 2. The number of aryl methyl sites for hydroxylation is 1. The highest BCUT2D eigenvalue weighted by Crippen LogP contribution is 2.37. The monoisotopic (exact) mass is 476 g/mol. The van der Waals surface area contributed by atoms with Gasteiger partial charge in [-0.2, -0.15) is 0 Å². The van der Waals surface area contributed by atoms with Crippen molar-refractivity contribution in [1.82, 2.24) is 10.0 Å². The lowest BCUT2D eigenvalue weighted by Gasteiger charge is -2.37. The van der Waals surface area contributed by atoms with Gasteiger partial charge in [-0.05, 0) is 87.9 Å². The molecule has 8 heteroatoms. The van der Waals surface area contributed by atoms with Gasteiger partial charge in [0.15, 0.2) is 0 Å². The van der Waals surface area contributed by atoms with Gasteiger partial charge < -0.3 is 10.1 Å². The molecule has 0 heterocycles. The van der Waals surface area contributed by atoms with E-state index in [9.17, 15) is 17.6 Å². The van der Waals surface area contributed by atoms with Crippen LogP contribution in [0, 0.1) is 18.2 Å². The summed E-state index contributed by atoms with van der Waals surface area (Å²) in [6, 6.07) is 10.5. The van der Waals surface area contributed by atoms with Gasteiger partial charge in [0.1, 0.15) is 11.6 Å². The van der Waals surface area contributed by atoms with E-state index in [1.807, 2.05) is 27.7 Å². The van der Waals surface area contributed by atoms with Crippen LogP contribution in [0.2, 0.25) is 0 Å². The Morgan fingerprint density at radius 1 is 1.18 bits per heavy atom. The number of benzene rings is 2. The number of amides is 1. The molecule has 0 radical (unpaired) electrons. The summed E-state index contributed by atoms with van der Waals surface area (Å²) >= 11 is 0. The molecule has 1 amide bonds. The highest BCUT2D eigenvalue weighted by Gasteiger charge is 2.39. The van der Waals surface area contributed by atoms with Crippen molar-refractivity contribution in [3.05, 3.63) is 59.4 Å². The first-order valence-electron chi connectivity index (χ1n) is 11.4. The summed E-state index contributed by atoms with van der Waals surface area (Å²) in [6.07, 6.45) is 2.29. The van der Waals surface area contributed by atoms with Gasteiger partial charge in [0.25, 0.3) is 0 Å². The molecular weight excluding hydrogens is 443 g/mol. The molecular formula is C25H33FN2O4S. The maximum Gasteiger partial charge on any atom is 0.240 e. The van der Waals surface area contributed by atoms with Crippen LogP contribution in [0.1, 0.15) is 63.6 Å². The number of carbonyl (C=O) groups excluding carboxylic acids is 1. The van der Waals surface area contributed by atoms with Crippen molar-refractivity contribution in [1.29, 1.82) is 0 Å². The van der Waals surface area contributed by atoms with Crippen molar-refractivity contribution < 1.29 is 22.3 Å². The number of rotatable bonds is 8. The molecule has 2 aromatic rings. The van der Waals surface area contributed by atoms with E-state index in [2.05, 4.69) is 10.0 Å². The number of nitrogens with one attached hydrogen (secondary N) is 2. The highest BCUT2D eigenvalue weighted by atomic mass is 32.2. The fourth-order valence-corrected chi connectivity index (χ4v) is 5.59. The lowest BCUT2D eigenvalue weighted by atomic mass is 9.73. The second-order valence-electron chi connectivity index (χ2n) is 9.06. The highest BCUT2D eigenvalue weighted by molar-refractivity contribution is 7.89. The Kier molecular flexibility index (Phi) is 7.80. The van der Waals surface area contributed by atoms with Gasteiger partial charge in [-0.15, -0.1) is 0 Å². The molecule has 0 aromatic heterocycles. The van der Waals surface area contributed by atoms with E-state index in [4.69, 9.17) is 4.74 Å². The average molecular weight is 477 g/mol. The van der Waals surface area contributed by atoms with Crippen LogP contribution in [0.5, 0.6) is 5.75 Å². The van der Waals surface area contributed by atoms with Crippen LogP contribution in [-0.4, -0.2) is 27.0 Å². The molecule has 0 saturated heterocycles. The predicted molar refractivity (Wildman–Crippen MR) is 126 cm³/mol. The van der Waals surface area contributed by atoms with Gasteiger partial charge in [0, 0.05) is 11.5 Å². The fraction of sp³-hybridized carbons (Fsp3) is 0.480. The summed E-state index contributed by atoms with van der Waals surface area (Å²) in [5.41, 5.74) is 1.02. The Hall–Kier alpha value is -2.45. The predicted octanol–water partition coefficient (Wildman–Crippen LogP) is 4.64. The van der Waals surface area contributed by atoms with Crippen molar-refractivity contribution in [2.45, 2.75) is 70.4 Å². The average Bonchev–Trinajstić information content (AvgIpc) is 2.77. The SMILES string of the molecule is CCOc1ccc(S(=O)(=O)NC2CCC(C)(C(=O)N[C@H](C)c3ccc(F)cc3)CC2)cc1C. The van der Waals surface area contributed by atoms with E-state index in [1.54, 1.807) is 30.3 Å². The van der Waals surface area contributed by atoms with Crippen LogP contribution in [0.15, 0.2) is 47.4 Å². The third-order valence-electron chi connectivity index (χ3n) is 6.43. The van der Waals surface area contributed by atoms with Crippen molar-refractivity contribution in [2.75, 3.05) is 6.61 Å². The zero-order chi connectivity index (χ0) is 24.2. The van der Waals surface area contributed by atoms with E-state index in [0.29, 0.717) is 38.0 Å². The molecule has 2 N–H and O–H groups in total. The van der Waals surface area contributed by atoms with Crippen LogP contribution < -0.4 is 14.8 Å². The zero-order valence-electron chi connectivity index (χ0n) is 19.7. The first-order valence-corrected chi connectivity index (χ1v) is 12.8. The van der Waals surface area contributed by atoms with Gasteiger partial charge in [-0.1, -0.05) is 19.1 Å². The molecule has 1 aliphatic carbocycles. The van der Waals surface area contributed by atoms with Gasteiger partial charge in [0.2, 0.25) is 15.9 Å². The summed E-state index contributed by atoms with van der Waals surface area (Å²) < 4.78 is 47.2. The summed E-state index contributed by atoms with van der Waals surface area (Å²) in [6.45, 7) is 8.00. The fourth-order valence-electron chi connectivity index (χ4n) is 4.20. The summed E-state index contributed by atoms with van der Waals surface area (Å²) in [4.78, 5) is 13.2. The topological polar surface area (TPSA) is 84.5 Å². The van der Waals surface area contributed by atoms with E-state index in [1.165, 1.54) is 12.1 Å². The second-order valence-corrected chi connectivity index (χ2v) is 10.8. The molecule has 6 nitrogen and oxygen atoms in total. The van der Waals surface area contributed by atoms with Crippen LogP contribution >= 0.6 is 0 Å². The second kappa shape index (κ2) is 10.2. The first kappa shape index (κ1) is 25.2. The van der Waals surface area contributed by atoms with Gasteiger partial charge in [-0.25, -0.2) is 17.5 Å². The first-order chi connectivity index (χ1) is 15.5. The normalized spacial score (nSPS) is 21.9. The van der Waals surface area contributed by atoms with Gasteiger partial charge in [-0.3, -0.25) is 4.79 Å². The van der Waals surface area contributed by atoms with E-state index < -0.39 is 15.4 Å². The molecule has 2 aromatic carbocycles. The van der Waals surface area contributed by atoms with Crippen LogP contribution in [0.4, 0.5) is 4.39 Å². The van der Waals surface area contributed by atoms with Gasteiger partial charge >= 0.3 is 0 Å². The number of halogens is 1. The van der Waals surface area contributed by atoms with Crippen LogP contribution in [0.3, 0.4) is 0 Å². The minimum Gasteiger partial charge on any atom is -0.494 e. The molecule has 1 aliphatic rings. The minimum absolute atomic E-state index is 0.0669. The third kappa shape index (κ3) is 6.12. The minimum atomic E-state index is -3.67. The smallest absolute Gasteiger partial charge is 0.240 e. The Labute approximate surface area is 196 Å². The number of sulfonamides is 1. The lowest BCUT2D eigenvalue weighted by Crippen LogP contribution is -2.46. The largest absolute Gasteiger partial charge is 0.494 e. The molecule has 0 spiro atoms.